The Kier molecular flexibility index (Phi) is 6.45. The third-order valence-corrected chi connectivity index (χ3v) is 5.06. The quantitative estimate of drug-likeness (QED) is 0.550. The molecule has 0 amide bonds. The van der Waals surface area contributed by atoms with Crippen molar-refractivity contribution < 1.29 is 9.13 Å². The van der Waals surface area contributed by atoms with Gasteiger partial charge in [-0.3, -0.25) is 0 Å². The van der Waals surface area contributed by atoms with E-state index in [2.05, 4.69) is 22.8 Å². The summed E-state index contributed by atoms with van der Waals surface area (Å²) in [7, 11) is 1.70. The Morgan fingerprint density at radius 2 is 1.78 bits per heavy atom. The minimum absolute atomic E-state index is 0.116. The third kappa shape index (κ3) is 4.86. The van der Waals surface area contributed by atoms with E-state index in [9.17, 15) is 4.39 Å². The van der Waals surface area contributed by atoms with E-state index in [1.165, 1.54) is 0 Å². The number of halogens is 1. The number of hydrogen-bond donors (Lipinski definition) is 2. The molecule has 1 saturated carbocycles. The van der Waals surface area contributed by atoms with Gasteiger partial charge in [-0.2, -0.15) is 0 Å². The van der Waals surface area contributed by atoms with Crippen molar-refractivity contribution in [2.75, 3.05) is 20.2 Å². The molecule has 1 aliphatic carbocycles. The highest BCUT2D eigenvalue weighted by atomic mass is 19.1. The molecule has 0 saturated heterocycles. The minimum atomic E-state index is -0.118. The maximum absolute atomic E-state index is 14.2. The lowest BCUT2D eigenvalue weighted by Crippen LogP contribution is -2.41. The predicted octanol–water partition coefficient (Wildman–Crippen LogP) is 3.76. The number of nitrogens with zero attached hydrogens (tertiary/aromatic N) is 1. The number of ether oxygens (including phenoxy) is 1. The maximum atomic E-state index is 14.2. The third-order valence-electron chi connectivity index (χ3n) is 5.06. The van der Waals surface area contributed by atoms with Crippen LogP contribution in [0, 0.1) is 5.82 Å². The molecule has 2 aromatic rings. The monoisotopic (exact) mass is 369 g/mol. The van der Waals surface area contributed by atoms with E-state index >= 15 is 0 Å². The first-order valence-corrected chi connectivity index (χ1v) is 9.51. The molecule has 2 aromatic carbocycles. The van der Waals surface area contributed by atoms with Crippen molar-refractivity contribution in [1.29, 1.82) is 0 Å². The van der Waals surface area contributed by atoms with Gasteiger partial charge in [0.25, 0.3) is 0 Å². The zero-order chi connectivity index (χ0) is 19.1. The molecule has 0 spiro atoms. The standard InChI is InChI=1S/C22H28FN3O/c1-3-24-21(25-14-17-8-4-5-9-18(17)15-27-2)26-16-22(12-13-22)19-10-6-7-11-20(19)23/h4-11H,3,12-16H2,1-2H3,(H2,24,25,26). The zero-order valence-electron chi connectivity index (χ0n) is 16.1. The highest BCUT2D eigenvalue weighted by Crippen LogP contribution is 2.48. The van der Waals surface area contributed by atoms with Crippen LogP contribution in [-0.4, -0.2) is 26.2 Å². The van der Waals surface area contributed by atoms with Crippen LogP contribution in [0.2, 0.25) is 0 Å². The van der Waals surface area contributed by atoms with Gasteiger partial charge < -0.3 is 15.4 Å². The zero-order valence-corrected chi connectivity index (χ0v) is 16.1. The van der Waals surface area contributed by atoms with Gasteiger partial charge in [-0.05, 0) is 42.5 Å². The van der Waals surface area contributed by atoms with Crippen molar-refractivity contribution in [1.82, 2.24) is 10.6 Å². The molecule has 0 aromatic heterocycles. The number of methoxy groups -OCH3 is 1. The Balaban J connectivity index is 1.68. The Bertz CT molecular complexity index is 787. The van der Waals surface area contributed by atoms with Gasteiger partial charge in [-0.15, -0.1) is 0 Å². The van der Waals surface area contributed by atoms with Crippen LogP contribution in [0.25, 0.3) is 0 Å². The number of benzene rings is 2. The highest BCUT2D eigenvalue weighted by molar-refractivity contribution is 5.80. The average Bonchev–Trinajstić information content (AvgIpc) is 3.46. The summed E-state index contributed by atoms with van der Waals surface area (Å²) in [5, 5.41) is 6.70. The first kappa shape index (κ1) is 19.4. The summed E-state index contributed by atoms with van der Waals surface area (Å²) < 4.78 is 19.5. The summed E-state index contributed by atoms with van der Waals surface area (Å²) in [4.78, 5) is 4.72. The molecule has 0 aliphatic heterocycles. The van der Waals surface area contributed by atoms with Crippen LogP contribution in [0.15, 0.2) is 53.5 Å². The van der Waals surface area contributed by atoms with Crippen LogP contribution in [0.1, 0.15) is 36.5 Å². The van der Waals surface area contributed by atoms with E-state index in [-0.39, 0.29) is 11.2 Å². The van der Waals surface area contributed by atoms with Gasteiger partial charge in [0.15, 0.2) is 5.96 Å². The number of hydrogen-bond acceptors (Lipinski definition) is 2. The van der Waals surface area contributed by atoms with E-state index in [1.807, 2.05) is 31.2 Å². The lowest BCUT2D eigenvalue weighted by molar-refractivity contribution is 0.184. The SMILES string of the molecule is CCNC(=NCc1ccccc1COC)NCC1(c2ccccc2F)CC1. The van der Waals surface area contributed by atoms with Crippen molar-refractivity contribution in [2.24, 2.45) is 4.99 Å². The molecule has 4 nitrogen and oxygen atoms in total. The largest absolute Gasteiger partial charge is 0.380 e. The molecule has 2 N–H and O–H groups in total. The summed E-state index contributed by atoms with van der Waals surface area (Å²) in [6.45, 7) is 4.64. The second kappa shape index (κ2) is 9.00. The Morgan fingerprint density at radius 1 is 1.07 bits per heavy atom. The van der Waals surface area contributed by atoms with E-state index < -0.39 is 0 Å². The van der Waals surface area contributed by atoms with E-state index in [4.69, 9.17) is 9.73 Å². The fourth-order valence-electron chi connectivity index (χ4n) is 3.35. The van der Waals surface area contributed by atoms with E-state index in [1.54, 1.807) is 19.2 Å². The van der Waals surface area contributed by atoms with Gasteiger partial charge in [0.05, 0.1) is 13.2 Å². The van der Waals surface area contributed by atoms with E-state index in [0.717, 1.165) is 42.0 Å². The molecule has 0 radical (unpaired) electrons. The Hall–Kier alpha value is -2.40. The van der Waals surface area contributed by atoms with Crippen molar-refractivity contribution in [3.63, 3.8) is 0 Å². The smallest absolute Gasteiger partial charge is 0.191 e. The lowest BCUT2D eigenvalue weighted by atomic mass is 9.95. The summed E-state index contributed by atoms with van der Waals surface area (Å²) in [5.74, 6) is 0.638. The normalized spacial score (nSPS) is 15.4. The fraction of sp³-hybridized carbons (Fsp3) is 0.409. The van der Waals surface area contributed by atoms with Crippen molar-refractivity contribution in [3.8, 4) is 0 Å². The van der Waals surface area contributed by atoms with Gasteiger partial charge in [-0.25, -0.2) is 9.38 Å². The van der Waals surface area contributed by atoms with Crippen molar-refractivity contribution in [3.05, 3.63) is 71.0 Å². The molecule has 0 atom stereocenters. The fourth-order valence-corrected chi connectivity index (χ4v) is 3.35. The molecule has 0 bridgehead atoms. The van der Waals surface area contributed by atoms with Gasteiger partial charge in [0, 0.05) is 25.6 Å². The molecule has 27 heavy (non-hydrogen) atoms. The first-order chi connectivity index (χ1) is 13.2. The van der Waals surface area contributed by atoms with Crippen molar-refractivity contribution >= 4 is 5.96 Å². The Labute approximate surface area is 160 Å². The topological polar surface area (TPSA) is 45.7 Å². The van der Waals surface area contributed by atoms with Gasteiger partial charge >= 0.3 is 0 Å². The van der Waals surface area contributed by atoms with Crippen LogP contribution in [0.4, 0.5) is 4.39 Å². The van der Waals surface area contributed by atoms with Crippen LogP contribution in [0.3, 0.4) is 0 Å². The second-order valence-corrected chi connectivity index (χ2v) is 7.01. The van der Waals surface area contributed by atoms with Crippen LogP contribution in [-0.2, 0) is 23.3 Å². The highest BCUT2D eigenvalue weighted by Gasteiger charge is 2.45. The molecule has 1 fully saturated rings. The number of aliphatic imine (C=N–C) groups is 1. The molecule has 3 rings (SSSR count). The van der Waals surface area contributed by atoms with Gasteiger partial charge in [-0.1, -0.05) is 42.5 Å². The first-order valence-electron chi connectivity index (χ1n) is 9.51. The predicted molar refractivity (Wildman–Crippen MR) is 107 cm³/mol. The van der Waals surface area contributed by atoms with Crippen LogP contribution < -0.4 is 10.6 Å². The molecular weight excluding hydrogens is 341 g/mol. The summed E-state index contributed by atoms with van der Waals surface area (Å²) in [5.41, 5.74) is 2.98. The Morgan fingerprint density at radius 3 is 2.44 bits per heavy atom. The summed E-state index contributed by atoms with van der Waals surface area (Å²) >= 11 is 0. The number of nitrogens with one attached hydrogen (secondary N) is 2. The molecule has 0 unspecified atom stereocenters. The molecule has 1 aliphatic rings. The van der Waals surface area contributed by atoms with Gasteiger partial charge in [0.2, 0.25) is 0 Å². The molecule has 0 heterocycles. The lowest BCUT2D eigenvalue weighted by Gasteiger charge is -2.19. The minimum Gasteiger partial charge on any atom is -0.380 e. The molecular formula is C22H28FN3O. The van der Waals surface area contributed by atoms with E-state index in [0.29, 0.717) is 19.7 Å². The van der Waals surface area contributed by atoms with Crippen molar-refractivity contribution in [2.45, 2.75) is 38.3 Å². The summed E-state index contributed by atoms with van der Waals surface area (Å²) in [6, 6.07) is 15.2. The number of rotatable bonds is 8. The van der Waals surface area contributed by atoms with Crippen LogP contribution in [0.5, 0.6) is 0 Å². The average molecular weight is 369 g/mol. The maximum Gasteiger partial charge on any atom is 0.191 e. The molecule has 5 heteroatoms. The second-order valence-electron chi connectivity index (χ2n) is 7.01. The van der Waals surface area contributed by atoms with Crippen LogP contribution >= 0.6 is 0 Å². The molecule has 144 valence electrons. The van der Waals surface area contributed by atoms with Gasteiger partial charge in [0.1, 0.15) is 5.82 Å². The number of guanidine groups is 1. The summed E-state index contributed by atoms with van der Waals surface area (Å²) in [6.07, 6.45) is 1.99.